The van der Waals surface area contributed by atoms with E-state index in [0.29, 0.717) is 5.88 Å². The van der Waals surface area contributed by atoms with E-state index < -0.39 is 16.4 Å². The lowest BCUT2D eigenvalue weighted by molar-refractivity contribution is 0.221. The SMILES string of the molecule is C/C(=C/CC(CCl)O[Si](C)(C)C)[Si](C)(C)C. The summed E-state index contributed by atoms with van der Waals surface area (Å²) in [6.07, 6.45) is 3.49. The quantitative estimate of drug-likeness (QED) is 0.507. The lowest BCUT2D eigenvalue weighted by Gasteiger charge is -2.25. The average Bonchev–Trinajstić information content (AvgIpc) is 2.08. The van der Waals surface area contributed by atoms with Crippen molar-refractivity contribution in [2.45, 2.75) is 58.7 Å². The molecule has 0 heterocycles. The van der Waals surface area contributed by atoms with Gasteiger partial charge in [0.15, 0.2) is 8.32 Å². The summed E-state index contributed by atoms with van der Waals surface area (Å²) >= 11 is 5.95. The summed E-state index contributed by atoms with van der Waals surface area (Å²) in [5.74, 6) is 0.597. The number of rotatable bonds is 6. The molecule has 0 amide bonds. The Morgan fingerprint density at radius 2 is 1.69 bits per heavy atom. The van der Waals surface area contributed by atoms with Crippen LogP contribution in [0.1, 0.15) is 13.3 Å². The molecule has 0 fully saturated rings. The molecule has 0 aliphatic heterocycles. The summed E-state index contributed by atoms with van der Waals surface area (Å²) in [4.78, 5) is 0. The molecule has 0 bridgehead atoms. The summed E-state index contributed by atoms with van der Waals surface area (Å²) in [5, 5.41) is 1.54. The number of alkyl halides is 1. The van der Waals surface area contributed by atoms with Crippen molar-refractivity contribution < 1.29 is 4.43 Å². The van der Waals surface area contributed by atoms with Gasteiger partial charge in [-0.05, 0) is 33.0 Å². The van der Waals surface area contributed by atoms with Crippen LogP contribution in [0.5, 0.6) is 0 Å². The first-order valence-electron chi connectivity index (χ1n) is 5.97. The van der Waals surface area contributed by atoms with Crippen LogP contribution in [-0.4, -0.2) is 28.4 Å². The largest absolute Gasteiger partial charge is 0.413 e. The molecule has 0 aromatic carbocycles. The van der Waals surface area contributed by atoms with Crippen LogP contribution in [0.4, 0.5) is 0 Å². The van der Waals surface area contributed by atoms with Crippen molar-refractivity contribution >= 4 is 28.0 Å². The molecule has 1 nitrogen and oxygen atoms in total. The summed E-state index contributed by atoms with van der Waals surface area (Å²) in [6.45, 7) is 16.0. The van der Waals surface area contributed by atoms with Gasteiger partial charge >= 0.3 is 0 Å². The monoisotopic (exact) mass is 278 g/mol. The van der Waals surface area contributed by atoms with Crippen LogP contribution in [0.3, 0.4) is 0 Å². The molecule has 0 rings (SSSR count). The van der Waals surface area contributed by atoms with Crippen LogP contribution < -0.4 is 0 Å². The Bertz CT molecular complexity index is 238. The zero-order valence-corrected chi connectivity index (χ0v) is 14.6. The van der Waals surface area contributed by atoms with Gasteiger partial charge in [0.25, 0.3) is 0 Å². The highest BCUT2D eigenvalue weighted by molar-refractivity contribution is 6.82. The Balaban J connectivity index is 4.36. The second-order valence-electron chi connectivity index (χ2n) is 6.38. The summed E-state index contributed by atoms with van der Waals surface area (Å²) in [7, 11) is -2.59. The van der Waals surface area contributed by atoms with Gasteiger partial charge in [-0.1, -0.05) is 30.9 Å². The molecule has 0 N–H and O–H groups in total. The van der Waals surface area contributed by atoms with Crippen molar-refractivity contribution in [3.05, 3.63) is 11.3 Å². The molecule has 0 saturated heterocycles. The van der Waals surface area contributed by atoms with Gasteiger partial charge in [0, 0.05) is 5.88 Å². The van der Waals surface area contributed by atoms with Gasteiger partial charge < -0.3 is 4.43 Å². The highest BCUT2D eigenvalue weighted by Crippen LogP contribution is 2.17. The minimum atomic E-state index is -1.46. The molecular formula is C12H27ClOSi2. The van der Waals surface area contributed by atoms with Crippen molar-refractivity contribution in [2.24, 2.45) is 0 Å². The summed E-state index contributed by atoms with van der Waals surface area (Å²) in [6, 6.07) is 0. The normalized spacial score (nSPS) is 16.4. The maximum absolute atomic E-state index is 6.03. The van der Waals surface area contributed by atoms with E-state index in [2.05, 4.69) is 52.3 Å². The van der Waals surface area contributed by atoms with Gasteiger partial charge in [-0.3, -0.25) is 0 Å². The van der Waals surface area contributed by atoms with Crippen molar-refractivity contribution in [1.82, 2.24) is 0 Å². The first-order chi connectivity index (χ1) is 7.06. The minimum Gasteiger partial charge on any atom is -0.413 e. The van der Waals surface area contributed by atoms with Gasteiger partial charge in [0.05, 0.1) is 14.2 Å². The van der Waals surface area contributed by atoms with Gasteiger partial charge in [-0.15, -0.1) is 11.6 Å². The topological polar surface area (TPSA) is 9.23 Å². The van der Waals surface area contributed by atoms with Crippen molar-refractivity contribution in [2.75, 3.05) is 5.88 Å². The van der Waals surface area contributed by atoms with Crippen LogP contribution in [0.2, 0.25) is 39.3 Å². The molecule has 0 aliphatic carbocycles. The number of allylic oxidation sites excluding steroid dienone is 1. The van der Waals surface area contributed by atoms with Crippen LogP contribution in [0, 0.1) is 0 Å². The van der Waals surface area contributed by atoms with Crippen LogP contribution in [0.25, 0.3) is 0 Å². The first-order valence-corrected chi connectivity index (χ1v) is 13.4. The van der Waals surface area contributed by atoms with Gasteiger partial charge in [-0.2, -0.15) is 0 Å². The predicted octanol–water partition coefficient (Wildman–Crippen LogP) is 4.66. The van der Waals surface area contributed by atoms with E-state index in [0.717, 1.165) is 6.42 Å². The van der Waals surface area contributed by atoms with E-state index in [1.165, 1.54) is 0 Å². The fraction of sp³-hybridized carbons (Fsp3) is 0.833. The predicted molar refractivity (Wildman–Crippen MR) is 80.7 cm³/mol. The Labute approximate surface area is 108 Å². The zero-order valence-electron chi connectivity index (χ0n) is 11.9. The third kappa shape index (κ3) is 7.66. The molecule has 0 aliphatic rings. The first kappa shape index (κ1) is 16.4. The Morgan fingerprint density at radius 3 is 2.00 bits per heavy atom. The maximum Gasteiger partial charge on any atom is 0.184 e. The smallest absolute Gasteiger partial charge is 0.184 e. The molecule has 0 aromatic heterocycles. The molecule has 0 saturated carbocycles. The molecule has 0 aromatic rings. The molecular weight excluding hydrogens is 252 g/mol. The van der Waals surface area contributed by atoms with Gasteiger partial charge in [-0.25, -0.2) is 0 Å². The lowest BCUT2D eigenvalue weighted by Crippen LogP contribution is -2.33. The molecule has 96 valence electrons. The molecule has 0 spiro atoms. The summed E-state index contributed by atoms with van der Waals surface area (Å²) < 4.78 is 6.03. The third-order valence-electron chi connectivity index (χ3n) is 2.56. The molecule has 4 heteroatoms. The van der Waals surface area contributed by atoms with E-state index in [4.69, 9.17) is 16.0 Å². The fourth-order valence-corrected chi connectivity index (χ4v) is 3.46. The van der Waals surface area contributed by atoms with Crippen molar-refractivity contribution in [3.63, 3.8) is 0 Å². The minimum absolute atomic E-state index is 0.194. The molecule has 0 radical (unpaired) electrons. The van der Waals surface area contributed by atoms with E-state index in [9.17, 15) is 0 Å². The highest BCUT2D eigenvalue weighted by atomic mass is 35.5. The summed E-state index contributed by atoms with van der Waals surface area (Å²) in [5.41, 5.74) is 0. The molecule has 1 unspecified atom stereocenters. The number of halogens is 1. The Kier molecular flexibility index (Phi) is 6.55. The van der Waals surface area contributed by atoms with E-state index in [-0.39, 0.29) is 6.10 Å². The third-order valence-corrected chi connectivity index (χ3v) is 6.52. The van der Waals surface area contributed by atoms with Crippen LogP contribution in [-0.2, 0) is 4.43 Å². The molecule has 1 atom stereocenters. The van der Waals surface area contributed by atoms with Gasteiger partial charge in [0.1, 0.15) is 0 Å². The van der Waals surface area contributed by atoms with Crippen LogP contribution >= 0.6 is 11.6 Å². The van der Waals surface area contributed by atoms with Crippen LogP contribution in [0.15, 0.2) is 11.3 Å². The lowest BCUT2D eigenvalue weighted by atomic mass is 10.3. The highest BCUT2D eigenvalue weighted by Gasteiger charge is 2.21. The average molecular weight is 279 g/mol. The fourth-order valence-electron chi connectivity index (χ4n) is 1.26. The number of hydrogen-bond donors (Lipinski definition) is 0. The van der Waals surface area contributed by atoms with Crippen molar-refractivity contribution in [1.29, 1.82) is 0 Å². The maximum atomic E-state index is 6.03. The zero-order chi connectivity index (χ0) is 13.0. The second kappa shape index (κ2) is 6.38. The van der Waals surface area contributed by atoms with E-state index in [1.54, 1.807) is 5.20 Å². The Morgan fingerprint density at radius 1 is 1.19 bits per heavy atom. The van der Waals surface area contributed by atoms with Gasteiger partial charge in [0.2, 0.25) is 0 Å². The second-order valence-corrected chi connectivity index (χ2v) is 16.4. The van der Waals surface area contributed by atoms with E-state index >= 15 is 0 Å². The Hall–Kier alpha value is 0.424. The standard InChI is InChI=1S/C12H27ClOSi2/c1-11(15(2,3)4)8-9-12(10-13)14-16(5,6)7/h8,12H,9-10H2,1-7H3/b11-8-. The molecule has 16 heavy (non-hydrogen) atoms. The van der Waals surface area contributed by atoms with E-state index in [1.807, 2.05) is 0 Å². The van der Waals surface area contributed by atoms with Crippen molar-refractivity contribution in [3.8, 4) is 0 Å². The number of hydrogen-bond acceptors (Lipinski definition) is 1.